The van der Waals surface area contributed by atoms with Crippen molar-refractivity contribution in [3.8, 4) is 0 Å². The molecule has 3 aliphatic carbocycles. The number of nitrogens with zero attached hydrogens (tertiary/aromatic N) is 1. The molecule has 1 nitrogen and oxygen atoms in total. The number of rotatable bonds is 4. The van der Waals surface area contributed by atoms with Gasteiger partial charge >= 0.3 is 0 Å². The molecule has 1 heteroatoms. The van der Waals surface area contributed by atoms with Crippen LogP contribution in [0.5, 0.6) is 0 Å². The van der Waals surface area contributed by atoms with Crippen LogP contribution < -0.4 is 0 Å². The molecule has 2 fully saturated rings. The Bertz CT molecular complexity index is 332. The zero-order valence-corrected chi connectivity index (χ0v) is 11.7. The van der Waals surface area contributed by atoms with Crippen molar-refractivity contribution < 1.29 is 0 Å². The summed E-state index contributed by atoms with van der Waals surface area (Å²) >= 11 is 0. The van der Waals surface area contributed by atoms with Gasteiger partial charge in [0.2, 0.25) is 0 Å². The minimum atomic E-state index is 0.695. The van der Waals surface area contributed by atoms with Crippen LogP contribution in [0.15, 0.2) is 11.6 Å². The van der Waals surface area contributed by atoms with E-state index in [1.165, 1.54) is 45.2 Å². The van der Waals surface area contributed by atoms with E-state index in [0.717, 1.165) is 17.8 Å². The standard InChI is InChI=1S/C16H27N/c1-4-5-17(3)11-16-9-13-6-12(2)7-14(10-16)15(16)8-13/h7,12-13,15H,4-6,8-11H2,1-3H3. The Kier molecular flexibility index (Phi) is 2.85. The molecule has 0 radical (unpaired) electrons. The molecule has 0 saturated heterocycles. The van der Waals surface area contributed by atoms with Crippen molar-refractivity contribution in [3.63, 3.8) is 0 Å². The summed E-state index contributed by atoms with van der Waals surface area (Å²) in [6, 6.07) is 0. The minimum Gasteiger partial charge on any atom is -0.306 e. The van der Waals surface area contributed by atoms with Gasteiger partial charge in [-0.2, -0.15) is 0 Å². The average Bonchev–Trinajstić information content (AvgIpc) is 2.39. The van der Waals surface area contributed by atoms with Crippen LogP contribution in [0.25, 0.3) is 0 Å². The molecule has 3 aliphatic rings. The van der Waals surface area contributed by atoms with E-state index in [9.17, 15) is 0 Å². The van der Waals surface area contributed by atoms with Crippen LogP contribution in [0.3, 0.4) is 0 Å². The first-order chi connectivity index (χ1) is 8.13. The zero-order chi connectivity index (χ0) is 12.0. The quantitative estimate of drug-likeness (QED) is 0.669. The maximum absolute atomic E-state index is 2.61. The van der Waals surface area contributed by atoms with E-state index in [4.69, 9.17) is 0 Å². The molecule has 0 amide bonds. The maximum atomic E-state index is 2.61. The first-order valence-corrected chi connectivity index (χ1v) is 7.52. The van der Waals surface area contributed by atoms with Crippen LogP contribution in [-0.4, -0.2) is 25.0 Å². The van der Waals surface area contributed by atoms with Crippen LogP contribution in [0, 0.1) is 23.2 Å². The fourth-order valence-electron chi connectivity index (χ4n) is 5.07. The number of hydrogen-bond donors (Lipinski definition) is 0. The van der Waals surface area contributed by atoms with Crippen LogP contribution >= 0.6 is 0 Å². The lowest BCUT2D eigenvalue weighted by atomic mass is 9.57. The fraction of sp³-hybridized carbons (Fsp3) is 0.875. The zero-order valence-electron chi connectivity index (χ0n) is 11.7. The summed E-state index contributed by atoms with van der Waals surface area (Å²) in [7, 11) is 2.32. The van der Waals surface area contributed by atoms with Crippen molar-refractivity contribution in [1.82, 2.24) is 4.90 Å². The number of hydrogen-bond acceptors (Lipinski definition) is 1. The van der Waals surface area contributed by atoms with Gasteiger partial charge < -0.3 is 4.90 Å². The summed E-state index contributed by atoms with van der Waals surface area (Å²) in [6.07, 6.45) is 9.82. The second kappa shape index (κ2) is 4.12. The molecule has 0 aliphatic heterocycles. The lowest BCUT2D eigenvalue weighted by Crippen LogP contribution is -2.47. The van der Waals surface area contributed by atoms with Crippen LogP contribution in [-0.2, 0) is 0 Å². The largest absolute Gasteiger partial charge is 0.306 e. The van der Waals surface area contributed by atoms with Gasteiger partial charge in [-0.1, -0.05) is 25.5 Å². The molecule has 0 spiro atoms. The number of fused-ring (bicyclic) bond motifs is 1. The molecule has 96 valence electrons. The second-order valence-electron chi connectivity index (χ2n) is 7.09. The third-order valence-corrected chi connectivity index (χ3v) is 5.40. The lowest BCUT2D eigenvalue weighted by Gasteiger charge is -2.50. The molecule has 0 aromatic carbocycles. The van der Waals surface area contributed by atoms with E-state index in [1.807, 2.05) is 5.57 Å². The predicted octanol–water partition coefficient (Wildman–Crippen LogP) is 3.71. The Morgan fingerprint density at radius 3 is 3.00 bits per heavy atom. The Labute approximate surface area is 106 Å². The third kappa shape index (κ3) is 1.87. The average molecular weight is 233 g/mol. The monoisotopic (exact) mass is 233 g/mol. The van der Waals surface area contributed by atoms with E-state index in [1.54, 1.807) is 0 Å². The van der Waals surface area contributed by atoms with Gasteiger partial charge in [0.1, 0.15) is 0 Å². The second-order valence-corrected chi connectivity index (χ2v) is 7.09. The molecule has 4 atom stereocenters. The highest BCUT2D eigenvalue weighted by Gasteiger charge is 2.57. The van der Waals surface area contributed by atoms with Gasteiger partial charge in [-0.25, -0.2) is 0 Å². The third-order valence-electron chi connectivity index (χ3n) is 5.40. The number of allylic oxidation sites excluding steroid dienone is 2. The van der Waals surface area contributed by atoms with Crippen molar-refractivity contribution >= 4 is 0 Å². The lowest BCUT2D eigenvalue weighted by molar-refractivity contribution is 0.0787. The highest BCUT2D eigenvalue weighted by molar-refractivity contribution is 5.30. The van der Waals surface area contributed by atoms with Crippen LogP contribution in [0.1, 0.15) is 46.0 Å². The smallest absolute Gasteiger partial charge is 0.00438 e. The van der Waals surface area contributed by atoms with E-state index in [0.29, 0.717) is 5.41 Å². The Morgan fingerprint density at radius 2 is 2.24 bits per heavy atom. The summed E-state index contributed by atoms with van der Waals surface area (Å²) in [5.74, 6) is 2.85. The maximum Gasteiger partial charge on any atom is 0.00438 e. The molecule has 0 aromatic rings. The van der Waals surface area contributed by atoms with Gasteiger partial charge in [0.25, 0.3) is 0 Å². The van der Waals surface area contributed by atoms with E-state index in [2.05, 4.69) is 31.9 Å². The van der Waals surface area contributed by atoms with E-state index in [-0.39, 0.29) is 0 Å². The summed E-state index contributed by atoms with van der Waals surface area (Å²) < 4.78 is 0. The van der Waals surface area contributed by atoms with Crippen molar-refractivity contribution in [2.75, 3.05) is 20.1 Å². The molecule has 3 rings (SSSR count). The van der Waals surface area contributed by atoms with Gasteiger partial charge in [-0.05, 0) is 68.9 Å². The summed E-state index contributed by atoms with van der Waals surface area (Å²) in [5, 5.41) is 0. The van der Waals surface area contributed by atoms with Gasteiger partial charge in [-0.15, -0.1) is 0 Å². The first kappa shape index (κ1) is 11.8. The van der Waals surface area contributed by atoms with Crippen molar-refractivity contribution in [3.05, 3.63) is 11.6 Å². The predicted molar refractivity (Wildman–Crippen MR) is 72.9 cm³/mol. The Hall–Kier alpha value is -0.300. The van der Waals surface area contributed by atoms with E-state index < -0.39 is 0 Å². The normalized spacial score (nSPS) is 43.3. The topological polar surface area (TPSA) is 3.24 Å². The van der Waals surface area contributed by atoms with E-state index >= 15 is 0 Å². The Morgan fingerprint density at radius 1 is 1.41 bits per heavy atom. The molecule has 17 heavy (non-hydrogen) atoms. The molecule has 0 aromatic heterocycles. The van der Waals surface area contributed by atoms with Crippen molar-refractivity contribution in [1.29, 1.82) is 0 Å². The molecular formula is C16H27N. The SMILES string of the molecule is CCCN(C)CC12CC3=CC(C)CC(CC31)C2. The molecule has 0 heterocycles. The summed E-state index contributed by atoms with van der Waals surface area (Å²) in [6.45, 7) is 7.33. The summed E-state index contributed by atoms with van der Waals surface area (Å²) in [5.41, 5.74) is 2.52. The molecule has 0 N–H and O–H groups in total. The first-order valence-electron chi connectivity index (χ1n) is 7.52. The highest BCUT2D eigenvalue weighted by Crippen LogP contribution is 2.65. The van der Waals surface area contributed by atoms with Gasteiger partial charge in [0, 0.05) is 6.54 Å². The highest BCUT2D eigenvalue weighted by atomic mass is 15.1. The molecule has 4 unspecified atom stereocenters. The fourth-order valence-corrected chi connectivity index (χ4v) is 5.07. The van der Waals surface area contributed by atoms with Gasteiger partial charge in [-0.3, -0.25) is 0 Å². The minimum absolute atomic E-state index is 0.695. The summed E-state index contributed by atoms with van der Waals surface area (Å²) in [4.78, 5) is 2.58. The Balaban J connectivity index is 1.73. The van der Waals surface area contributed by atoms with Gasteiger partial charge in [0.15, 0.2) is 0 Å². The van der Waals surface area contributed by atoms with Crippen molar-refractivity contribution in [2.24, 2.45) is 23.2 Å². The van der Waals surface area contributed by atoms with Crippen molar-refractivity contribution in [2.45, 2.75) is 46.0 Å². The molecular weight excluding hydrogens is 206 g/mol. The van der Waals surface area contributed by atoms with Crippen LogP contribution in [0.4, 0.5) is 0 Å². The molecule has 2 saturated carbocycles. The van der Waals surface area contributed by atoms with Gasteiger partial charge in [0.05, 0.1) is 0 Å². The van der Waals surface area contributed by atoms with Crippen LogP contribution in [0.2, 0.25) is 0 Å². The molecule has 2 bridgehead atoms.